The monoisotopic (exact) mass is 361 g/mol. The summed E-state index contributed by atoms with van der Waals surface area (Å²) in [6, 6.07) is 1.60. The summed E-state index contributed by atoms with van der Waals surface area (Å²) < 4.78 is 1.51. The molecule has 14 heavy (non-hydrogen) atoms. The molecular formula is C6H3Cl2IN3OP. The Morgan fingerprint density at radius 1 is 1.57 bits per heavy atom. The minimum atomic E-state index is -0.196. The third kappa shape index (κ3) is 1.66. The van der Waals surface area contributed by atoms with Crippen molar-refractivity contribution in [2.24, 2.45) is 0 Å². The second-order valence-electron chi connectivity index (χ2n) is 2.48. The van der Waals surface area contributed by atoms with E-state index in [1.165, 1.54) is 4.34 Å². The average molecular weight is 362 g/mol. The van der Waals surface area contributed by atoms with Crippen LogP contribution in [0.5, 0.6) is 0 Å². The molecule has 2 rings (SSSR count). The quantitative estimate of drug-likeness (QED) is 0.482. The fraction of sp³-hybridized carbons (Fsp3) is 0. The zero-order chi connectivity index (χ0) is 10.3. The molecule has 74 valence electrons. The van der Waals surface area contributed by atoms with Crippen LogP contribution in [-0.2, 0) is 0 Å². The number of hydrogen-bond acceptors (Lipinski definition) is 2. The van der Waals surface area contributed by atoms with Crippen LogP contribution in [0.4, 0.5) is 0 Å². The van der Waals surface area contributed by atoms with E-state index in [1.54, 1.807) is 6.07 Å². The summed E-state index contributed by atoms with van der Waals surface area (Å²) in [5.74, 6) is 0. The summed E-state index contributed by atoms with van der Waals surface area (Å²) >= 11 is 13.6. The zero-order valence-corrected chi connectivity index (χ0v) is 11.2. The van der Waals surface area contributed by atoms with Gasteiger partial charge in [-0.3, -0.25) is 0 Å². The lowest BCUT2D eigenvalue weighted by Gasteiger charge is -1.97. The van der Waals surface area contributed by atoms with Crippen LogP contribution >= 0.6 is 51.6 Å². The molecule has 4 nitrogen and oxygen atoms in total. The van der Waals surface area contributed by atoms with Gasteiger partial charge in [0.15, 0.2) is 5.65 Å². The zero-order valence-electron chi connectivity index (χ0n) is 6.51. The normalized spacial score (nSPS) is 11.9. The van der Waals surface area contributed by atoms with Gasteiger partial charge in [-0.1, -0.05) is 23.2 Å². The van der Waals surface area contributed by atoms with Gasteiger partial charge < -0.3 is 4.98 Å². The van der Waals surface area contributed by atoms with Crippen molar-refractivity contribution in [3.8, 4) is 0 Å². The molecule has 0 radical (unpaired) electrons. The van der Waals surface area contributed by atoms with Crippen molar-refractivity contribution in [1.29, 1.82) is 0 Å². The van der Waals surface area contributed by atoms with E-state index in [0.29, 0.717) is 16.2 Å². The van der Waals surface area contributed by atoms with Gasteiger partial charge >= 0.3 is 5.69 Å². The molecule has 1 atom stereocenters. The molecule has 0 spiro atoms. The maximum Gasteiger partial charge on any atom is 0.331 e. The number of aromatic nitrogens is 3. The van der Waals surface area contributed by atoms with Gasteiger partial charge in [0, 0.05) is 0 Å². The maximum atomic E-state index is 11.4. The van der Waals surface area contributed by atoms with Crippen LogP contribution in [0.2, 0.25) is 10.2 Å². The SMILES string of the molecule is O=c1[nH]c2cc(Cl)c(Cl)nc2n1PI. The van der Waals surface area contributed by atoms with Gasteiger partial charge in [0.05, 0.1) is 16.9 Å². The summed E-state index contributed by atoms with van der Waals surface area (Å²) in [5.41, 5.74) is 0.948. The fourth-order valence-electron chi connectivity index (χ4n) is 1.07. The van der Waals surface area contributed by atoms with Crippen LogP contribution in [0.3, 0.4) is 0 Å². The van der Waals surface area contributed by atoms with Crippen molar-refractivity contribution in [2.45, 2.75) is 0 Å². The number of rotatable bonds is 1. The first-order valence-electron chi connectivity index (χ1n) is 3.47. The highest BCUT2D eigenvalue weighted by Gasteiger charge is 2.10. The molecule has 0 saturated heterocycles. The van der Waals surface area contributed by atoms with Gasteiger partial charge in [-0.05, 0) is 28.1 Å². The van der Waals surface area contributed by atoms with Gasteiger partial charge in [0.1, 0.15) is 5.15 Å². The highest BCUT2D eigenvalue weighted by atomic mass is 127. The largest absolute Gasteiger partial charge is 0.331 e. The van der Waals surface area contributed by atoms with E-state index >= 15 is 0 Å². The van der Waals surface area contributed by atoms with Crippen molar-refractivity contribution in [3.05, 3.63) is 26.7 Å². The Labute approximate surface area is 103 Å². The van der Waals surface area contributed by atoms with Crippen molar-refractivity contribution < 1.29 is 0 Å². The smallest absolute Gasteiger partial charge is 0.304 e. The summed E-state index contributed by atoms with van der Waals surface area (Å²) in [6.45, 7) is 0. The second-order valence-corrected chi connectivity index (χ2v) is 5.31. The predicted molar refractivity (Wildman–Crippen MR) is 68.1 cm³/mol. The molecule has 0 aliphatic rings. The Morgan fingerprint density at radius 2 is 2.29 bits per heavy atom. The van der Waals surface area contributed by atoms with Crippen molar-refractivity contribution in [3.63, 3.8) is 0 Å². The number of imidazole rings is 1. The number of H-pyrrole nitrogens is 1. The van der Waals surface area contributed by atoms with E-state index in [9.17, 15) is 4.79 Å². The Hall–Kier alpha value is 0.160. The van der Waals surface area contributed by atoms with Crippen LogP contribution in [0.1, 0.15) is 0 Å². The Bertz CT molecular complexity index is 552. The molecule has 0 fully saturated rings. The van der Waals surface area contributed by atoms with Gasteiger partial charge in [-0.15, -0.1) is 0 Å². The summed E-state index contributed by atoms with van der Waals surface area (Å²) in [4.78, 5) is 18.1. The van der Waals surface area contributed by atoms with E-state index in [2.05, 4.69) is 32.0 Å². The fourth-order valence-corrected chi connectivity index (χ4v) is 3.08. The lowest BCUT2D eigenvalue weighted by molar-refractivity contribution is 1.13. The molecule has 0 saturated carbocycles. The first-order chi connectivity index (χ1) is 6.63. The number of nitrogens with one attached hydrogen (secondary N) is 1. The third-order valence-corrected chi connectivity index (χ3v) is 4.36. The molecule has 2 aromatic heterocycles. The number of halogens is 3. The van der Waals surface area contributed by atoms with E-state index < -0.39 is 0 Å². The number of hydrogen-bond donors (Lipinski definition) is 1. The summed E-state index contributed by atoms with van der Waals surface area (Å²) in [7, 11) is 0. The topological polar surface area (TPSA) is 50.7 Å². The lowest BCUT2D eigenvalue weighted by atomic mass is 10.4. The van der Waals surface area contributed by atoms with Crippen LogP contribution < -0.4 is 5.69 Å². The number of fused-ring (bicyclic) bond motifs is 1. The van der Waals surface area contributed by atoms with E-state index in [0.717, 1.165) is 0 Å². The first kappa shape index (κ1) is 10.7. The standard InChI is InChI=1S/C6H3Cl2IN3OP/c7-2-1-3-5(11-4(2)8)12(14-9)6(13)10-3/h1,14H,(H,10,13). The molecule has 0 amide bonds. The molecule has 1 N–H and O–H groups in total. The molecule has 0 bridgehead atoms. The molecule has 0 aliphatic heterocycles. The van der Waals surface area contributed by atoms with E-state index in [4.69, 9.17) is 23.2 Å². The maximum absolute atomic E-state index is 11.4. The van der Waals surface area contributed by atoms with Crippen LogP contribution in [0.25, 0.3) is 11.2 Å². The summed E-state index contributed by atoms with van der Waals surface area (Å²) in [5, 5.41) is 0.547. The molecular weight excluding hydrogens is 359 g/mol. The van der Waals surface area contributed by atoms with E-state index in [1.807, 2.05) is 0 Å². The minimum Gasteiger partial charge on any atom is -0.304 e. The number of pyridine rings is 1. The average Bonchev–Trinajstić information content (AvgIpc) is 2.42. The van der Waals surface area contributed by atoms with Crippen molar-refractivity contribution in [1.82, 2.24) is 14.3 Å². The van der Waals surface area contributed by atoms with Crippen LogP contribution in [0.15, 0.2) is 10.9 Å². The van der Waals surface area contributed by atoms with Gasteiger partial charge in [0.25, 0.3) is 0 Å². The Kier molecular flexibility index (Phi) is 3.02. The lowest BCUT2D eigenvalue weighted by Crippen LogP contribution is -2.08. The Balaban J connectivity index is 2.89. The second kappa shape index (κ2) is 3.96. The minimum absolute atomic E-state index is 0.196. The number of nitrogens with zero attached hydrogens (tertiary/aromatic N) is 2. The predicted octanol–water partition coefficient (Wildman–Crippen LogP) is 2.82. The van der Waals surface area contributed by atoms with Gasteiger partial charge in [-0.25, -0.2) is 14.1 Å². The molecule has 1 unspecified atom stereocenters. The van der Waals surface area contributed by atoms with Gasteiger partial charge in [0.2, 0.25) is 0 Å². The molecule has 8 heteroatoms. The molecule has 0 aromatic carbocycles. The molecule has 0 aliphatic carbocycles. The third-order valence-electron chi connectivity index (χ3n) is 1.65. The highest BCUT2D eigenvalue weighted by molar-refractivity contribution is 14.2. The van der Waals surface area contributed by atoms with Crippen LogP contribution in [-0.4, -0.2) is 14.3 Å². The molecule has 2 heterocycles. The van der Waals surface area contributed by atoms with Crippen LogP contribution in [0, 0.1) is 0 Å². The first-order valence-corrected chi connectivity index (χ1v) is 8.28. The molecule has 2 aromatic rings. The van der Waals surface area contributed by atoms with Crippen molar-refractivity contribution in [2.75, 3.05) is 0 Å². The van der Waals surface area contributed by atoms with E-state index in [-0.39, 0.29) is 17.2 Å². The van der Waals surface area contributed by atoms with Crippen molar-refractivity contribution >= 4 is 62.8 Å². The summed E-state index contributed by atoms with van der Waals surface area (Å²) in [6.07, 6.45) is 0.279. The highest BCUT2D eigenvalue weighted by Crippen LogP contribution is 2.28. The number of aromatic amines is 1. The Morgan fingerprint density at radius 3 is 2.93 bits per heavy atom. The van der Waals surface area contributed by atoms with Gasteiger partial charge in [-0.2, -0.15) is 0 Å².